The molecular weight excluding hydrogens is 172 g/mol. The Morgan fingerprint density at radius 3 is 2.79 bits per heavy atom. The minimum Gasteiger partial charge on any atom is -0.312 e. The average Bonchev–Trinajstić information content (AvgIpc) is 2.26. The van der Waals surface area contributed by atoms with E-state index >= 15 is 0 Å². The number of hydrogen-bond donors (Lipinski definition) is 1. The molecule has 1 fully saturated rings. The number of hydrogen-bond acceptors (Lipinski definition) is 2. The smallest absolute Gasteiger partial charge is 0.0666 e. The molecule has 0 amide bonds. The fraction of sp³-hybridized carbons (Fsp3) is 0.917. The Morgan fingerprint density at radius 1 is 1.43 bits per heavy atom. The Morgan fingerprint density at radius 2 is 2.14 bits per heavy atom. The first kappa shape index (κ1) is 11.5. The Kier molecular flexibility index (Phi) is 4.97. The summed E-state index contributed by atoms with van der Waals surface area (Å²) in [5.41, 5.74) is 0. The lowest BCUT2D eigenvalue weighted by Gasteiger charge is -2.32. The molecule has 80 valence electrons. The number of nitrogens with zero attached hydrogens (tertiary/aromatic N) is 1. The zero-order valence-electron chi connectivity index (χ0n) is 9.42. The van der Waals surface area contributed by atoms with Gasteiger partial charge in [-0.1, -0.05) is 26.2 Å². The van der Waals surface area contributed by atoms with Crippen LogP contribution < -0.4 is 5.32 Å². The van der Waals surface area contributed by atoms with E-state index in [9.17, 15) is 0 Å². The minimum absolute atomic E-state index is 0.148. The SMILES string of the molecule is CCC1CCCCC1NCC(C)C#N. The van der Waals surface area contributed by atoms with Crippen LogP contribution in [0, 0.1) is 23.2 Å². The topological polar surface area (TPSA) is 35.8 Å². The molecule has 0 saturated heterocycles. The van der Waals surface area contributed by atoms with Crippen LogP contribution in [0.1, 0.15) is 46.0 Å². The largest absolute Gasteiger partial charge is 0.312 e. The van der Waals surface area contributed by atoms with Crippen molar-refractivity contribution >= 4 is 0 Å². The van der Waals surface area contributed by atoms with Gasteiger partial charge >= 0.3 is 0 Å². The Labute approximate surface area is 87.7 Å². The summed E-state index contributed by atoms with van der Waals surface area (Å²) in [6.07, 6.45) is 6.70. The second kappa shape index (κ2) is 6.03. The lowest BCUT2D eigenvalue weighted by Crippen LogP contribution is -2.40. The van der Waals surface area contributed by atoms with Gasteiger partial charge < -0.3 is 5.32 Å². The summed E-state index contributed by atoms with van der Waals surface area (Å²) >= 11 is 0. The van der Waals surface area contributed by atoms with Gasteiger partial charge in [0, 0.05) is 12.6 Å². The van der Waals surface area contributed by atoms with Crippen LogP contribution in [0.25, 0.3) is 0 Å². The number of rotatable bonds is 4. The molecule has 0 aromatic rings. The lowest BCUT2D eigenvalue weighted by atomic mass is 9.83. The van der Waals surface area contributed by atoms with E-state index in [4.69, 9.17) is 5.26 Å². The summed E-state index contributed by atoms with van der Waals surface area (Å²) in [7, 11) is 0. The van der Waals surface area contributed by atoms with Crippen LogP contribution in [0.5, 0.6) is 0 Å². The molecule has 3 atom stereocenters. The van der Waals surface area contributed by atoms with Gasteiger partial charge in [-0.3, -0.25) is 0 Å². The third kappa shape index (κ3) is 3.31. The van der Waals surface area contributed by atoms with Gasteiger partial charge in [-0.2, -0.15) is 5.26 Å². The van der Waals surface area contributed by atoms with Crippen molar-refractivity contribution in [1.82, 2.24) is 5.32 Å². The summed E-state index contributed by atoms with van der Waals surface area (Å²) in [6.45, 7) is 5.12. The predicted molar refractivity (Wildman–Crippen MR) is 58.8 cm³/mol. The average molecular weight is 194 g/mol. The van der Waals surface area contributed by atoms with Crippen LogP contribution in [0.4, 0.5) is 0 Å². The molecule has 0 bridgehead atoms. The van der Waals surface area contributed by atoms with Gasteiger partial charge in [0.25, 0.3) is 0 Å². The van der Waals surface area contributed by atoms with Crippen LogP contribution in [0.15, 0.2) is 0 Å². The highest BCUT2D eigenvalue weighted by atomic mass is 14.9. The quantitative estimate of drug-likeness (QED) is 0.747. The van der Waals surface area contributed by atoms with E-state index in [1.165, 1.54) is 32.1 Å². The maximum absolute atomic E-state index is 8.70. The highest BCUT2D eigenvalue weighted by Gasteiger charge is 2.23. The van der Waals surface area contributed by atoms with Crippen LogP contribution >= 0.6 is 0 Å². The van der Waals surface area contributed by atoms with E-state index in [0.29, 0.717) is 6.04 Å². The zero-order chi connectivity index (χ0) is 10.4. The maximum Gasteiger partial charge on any atom is 0.0666 e. The molecule has 1 aliphatic rings. The third-order valence-corrected chi connectivity index (χ3v) is 3.34. The summed E-state index contributed by atoms with van der Waals surface area (Å²) in [5, 5.41) is 12.2. The van der Waals surface area contributed by atoms with Crippen molar-refractivity contribution in [3.63, 3.8) is 0 Å². The molecule has 0 heterocycles. The van der Waals surface area contributed by atoms with Crippen molar-refractivity contribution in [2.45, 2.75) is 52.0 Å². The fourth-order valence-corrected chi connectivity index (χ4v) is 2.34. The first-order valence-corrected chi connectivity index (χ1v) is 5.91. The van der Waals surface area contributed by atoms with Crippen molar-refractivity contribution < 1.29 is 0 Å². The Hall–Kier alpha value is -0.550. The third-order valence-electron chi connectivity index (χ3n) is 3.34. The van der Waals surface area contributed by atoms with E-state index in [-0.39, 0.29) is 5.92 Å². The van der Waals surface area contributed by atoms with Crippen LogP contribution in [0.3, 0.4) is 0 Å². The molecule has 2 heteroatoms. The van der Waals surface area contributed by atoms with Gasteiger partial charge in [-0.25, -0.2) is 0 Å². The van der Waals surface area contributed by atoms with Crippen LogP contribution in [0.2, 0.25) is 0 Å². The van der Waals surface area contributed by atoms with E-state index < -0.39 is 0 Å². The molecule has 1 N–H and O–H groups in total. The normalized spacial score (nSPS) is 29.5. The molecule has 0 spiro atoms. The Balaban J connectivity index is 2.30. The highest BCUT2D eigenvalue weighted by Crippen LogP contribution is 2.26. The van der Waals surface area contributed by atoms with E-state index in [2.05, 4.69) is 18.3 Å². The van der Waals surface area contributed by atoms with Gasteiger partial charge in [-0.15, -0.1) is 0 Å². The molecule has 0 radical (unpaired) electrons. The summed E-state index contributed by atoms with van der Waals surface area (Å²) in [4.78, 5) is 0. The molecule has 1 rings (SSSR count). The van der Waals surface area contributed by atoms with Gasteiger partial charge in [0.2, 0.25) is 0 Å². The summed E-state index contributed by atoms with van der Waals surface area (Å²) < 4.78 is 0. The van der Waals surface area contributed by atoms with E-state index in [0.717, 1.165) is 12.5 Å². The molecule has 0 aliphatic heterocycles. The van der Waals surface area contributed by atoms with Crippen LogP contribution in [-0.2, 0) is 0 Å². The zero-order valence-corrected chi connectivity index (χ0v) is 9.42. The van der Waals surface area contributed by atoms with Crippen molar-refractivity contribution in [3.05, 3.63) is 0 Å². The molecule has 0 aromatic carbocycles. The van der Waals surface area contributed by atoms with Crippen molar-refractivity contribution in [1.29, 1.82) is 5.26 Å². The molecule has 1 aliphatic carbocycles. The first-order valence-electron chi connectivity index (χ1n) is 5.91. The molecule has 2 nitrogen and oxygen atoms in total. The van der Waals surface area contributed by atoms with Gasteiger partial charge in [0.15, 0.2) is 0 Å². The second-order valence-electron chi connectivity index (χ2n) is 4.50. The van der Waals surface area contributed by atoms with Gasteiger partial charge in [0.1, 0.15) is 0 Å². The lowest BCUT2D eigenvalue weighted by molar-refractivity contribution is 0.252. The fourth-order valence-electron chi connectivity index (χ4n) is 2.34. The number of nitriles is 1. The molecular formula is C12H22N2. The predicted octanol–water partition coefficient (Wildman–Crippen LogP) is 2.70. The molecule has 3 unspecified atom stereocenters. The Bertz CT molecular complexity index is 195. The molecule has 1 saturated carbocycles. The highest BCUT2D eigenvalue weighted by molar-refractivity contribution is 4.85. The molecule has 0 aromatic heterocycles. The van der Waals surface area contributed by atoms with Crippen molar-refractivity contribution in [3.8, 4) is 6.07 Å². The van der Waals surface area contributed by atoms with Gasteiger partial charge in [-0.05, 0) is 25.7 Å². The monoisotopic (exact) mass is 194 g/mol. The van der Waals surface area contributed by atoms with Crippen molar-refractivity contribution in [2.24, 2.45) is 11.8 Å². The molecule has 14 heavy (non-hydrogen) atoms. The first-order chi connectivity index (χ1) is 6.77. The maximum atomic E-state index is 8.70. The summed E-state index contributed by atoms with van der Waals surface area (Å²) in [5.74, 6) is 0.990. The van der Waals surface area contributed by atoms with Crippen molar-refractivity contribution in [2.75, 3.05) is 6.54 Å². The standard InChI is InChI=1S/C12H22N2/c1-3-11-6-4-5-7-12(11)14-9-10(2)8-13/h10-12,14H,3-7,9H2,1-2H3. The summed E-state index contributed by atoms with van der Waals surface area (Å²) in [6, 6.07) is 2.95. The minimum atomic E-state index is 0.148. The van der Waals surface area contributed by atoms with E-state index in [1.807, 2.05) is 6.92 Å². The van der Waals surface area contributed by atoms with Crippen LogP contribution in [-0.4, -0.2) is 12.6 Å². The van der Waals surface area contributed by atoms with E-state index in [1.54, 1.807) is 0 Å². The van der Waals surface area contributed by atoms with Gasteiger partial charge in [0.05, 0.1) is 12.0 Å². The number of nitrogens with one attached hydrogen (secondary N) is 1. The second-order valence-corrected chi connectivity index (χ2v) is 4.50.